The molecule has 0 atom stereocenters. The van der Waals surface area contributed by atoms with Crippen molar-refractivity contribution >= 4 is 44.3 Å². The highest BCUT2D eigenvalue weighted by atomic mass is 16.5. The number of methoxy groups -OCH3 is 2. The minimum atomic E-state index is 0.875. The monoisotopic (exact) mass is 522 g/mol. The van der Waals surface area contributed by atoms with Crippen LogP contribution in [-0.2, 0) is 0 Å². The summed E-state index contributed by atoms with van der Waals surface area (Å²) < 4.78 is 11.6. The molecule has 0 aromatic heterocycles. The van der Waals surface area contributed by atoms with Gasteiger partial charge in [0.05, 0.1) is 37.0 Å². The topological polar surface area (TPSA) is 24.9 Å². The molecule has 6 aromatic rings. The fraction of sp³-hybridized carbons (Fsp3) is 0.111. The van der Waals surface area contributed by atoms with E-state index in [4.69, 9.17) is 9.47 Å². The first kappa shape index (κ1) is 24.1. The third kappa shape index (κ3) is 3.76. The van der Waals surface area contributed by atoms with E-state index < -0.39 is 0 Å². The lowest BCUT2D eigenvalue weighted by Crippen LogP contribution is -2.24. The number of ether oxygens (including phenoxy) is 2. The Bertz CT molecular complexity index is 1790. The molecule has 0 radical (unpaired) electrons. The molecule has 0 unspecified atom stereocenters. The molecule has 0 amide bonds. The molecule has 40 heavy (non-hydrogen) atoms. The lowest BCUT2D eigenvalue weighted by Gasteiger charge is -2.37. The second-order valence-corrected chi connectivity index (χ2v) is 10.3. The van der Waals surface area contributed by atoms with Gasteiger partial charge in [-0.25, -0.2) is 0 Å². The normalized spacial score (nSPS) is 12.4. The summed E-state index contributed by atoms with van der Waals surface area (Å²) >= 11 is 0. The van der Waals surface area contributed by atoms with E-state index >= 15 is 0 Å². The third-order valence-corrected chi connectivity index (χ3v) is 8.15. The predicted octanol–water partition coefficient (Wildman–Crippen LogP) is 9.19. The van der Waals surface area contributed by atoms with Gasteiger partial charge in [0.2, 0.25) is 0 Å². The molecule has 1 aliphatic heterocycles. The maximum absolute atomic E-state index is 5.82. The molecule has 1 heterocycles. The van der Waals surface area contributed by atoms with Crippen LogP contribution in [0.25, 0.3) is 43.8 Å². The van der Waals surface area contributed by atoms with Crippen LogP contribution >= 0.6 is 0 Å². The van der Waals surface area contributed by atoms with E-state index in [2.05, 4.69) is 133 Å². The van der Waals surface area contributed by atoms with Crippen LogP contribution in [0.1, 0.15) is 0 Å². The van der Waals surface area contributed by atoms with Gasteiger partial charge in [-0.15, -0.1) is 0 Å². The van der Waals surface area contributed by atoms with Crippen LogP contribution < -0.4 is 19.3 Å². The van der Waals surface area contributed by atoms with Crippen molar-refractivity contribution in [3.8, 4) is 33.8 Å². The van der Waals surface area contributed by atoms with Gasteiger partial charge in [0, 0.05) is 25.2 Å². The maximum atomic E-state index is 5.82. The lowest BCUT2D eigenvalue weighted by atomic mass is 9.96. The van der Waals surface area contributed by atoms with Gasteiger partial charge in [-0.1, -0.05) is 60.7 Å². The summed E-state index contributed by atoms with van der Waals surface area (Å²) in [5.74, 6) is 1.75. The van der Waals surface area contributed by atoms with Crippen LogP contribution in [0, 0.1) is 0 Å². The number of hydrogen-bond acceptors (Lipinski definition) is 4. The minimum Gasteiger partial charge on any atom is -0.496 e. The van der Waals surface area contributed by atoms with Gasteiger partial charge >= 0.3 is 0 Å². The number of hydrogen-bond donors (Lipinski definition) is 0. The maximum Gasteiger partial charge on any atom is 0.127 e. The van der Waals surface area contributed by atoms with Crippen molar-refractivity contribution in [2.75, 3.05) is 38.1 Å². The van der Waals surface area contributed by atoms with Gasteiger partial charge < -0.3 is 19.3 Å². The quantitative estimate of drug-likeness (QED) is 0.230. The van der Waals surface area contributed by atoms with Crippen molar-refractivity contribution in [1.82, 2.24) is 0 Å². The van der Waals surface area contributed by atoms with Crippen LogP contribution in [0.4, 0.5) is 22.7 Å². The van der Waals surface area contributed by atoms with Crippen LogP contribution in [0.2, 0.25) is 0 Å². The molecule has 0 aliphatic carbocycles. The van der Waals surface area contributed by atoms with Gasteiger partial charge in [0.1, 0.15) is 11.5 Å². The average Bonchev–Trinajstić information content (AvgIpc) is 3.01. The second kappa shape index (κ2) is 9.35. The Kier molecular flexibility index (Phi) is 5.64. The smallest absolute Gasteiger partial charge is 0.127 e. The highest BCUT2D eigenvalue weighted by Crippen LogP contribution is 2.50. The van der Waals surface area contributed by atoms with Gasteiger partial charge in [0.25, 0.3) is 0 Å². The van der Waals surface area contributed by atoms with Crippen molar-refractivity contribution in [2.45, 2.75) is 0 Å². The molecule has 0 saturated heterocycles. The van der Waals surface area contributed by atoms with E-state index in [9.17, 15) is 0 Å². The predicted molar refractivity (Wildman–Crippen MR) is 168 cm³/mol. The summed E-state index contributed by atoms with van der Waals surface area (Å²) in [5.41, 5.74) is 9.04. The Morgan fingerprint density at radius 3 is 1.18 bits per heavy atom. The number of fused-ring (bicyclic) bond motifs is 4. The van der Waals surface area contributed by atoms with E-state index in [0.717, 1.165) is 56.5 Å². The molecule has 4 nitrogen and oxygen atoms in total. The molecule has 196 valence electrons. The van der Waals surface area contributed by atoms with Gasteiger partial charge in [-0.3, -0.25) is 0 Å². The first-order valence-electron chi connectivity index (χ1n) is 13.5. The summed E-state index contributed by atoms with van der Waals surface area (Å²) in [6.07, 6.45) is 0. The summed E-state index contributed by atoms with van der Waals surface area (Å²) in [5, 5.41) is 4.74. The average molecular weight is 523 g/mol. The molecule has 6 aromatic carbocycles. The van der Waals surface area contributed by atoms with Crippen molar-refractivity contribution in [1.29, 1.82) is 0 Å². The molecule has 1 aliphatic rings. The van der Waals surface area contributed by atoms with Crippen LogP contribution in [-0.4, -0.2) is 28.3 Å². The fourth-order valence-corrected chi connectivity index (χ4v) is 5.97. The zero-order valence-corrected chi connectivity index (χ0v) is 23.1. The van der Waals surface area contributed by atoms with Gasteiger partial charge in [-0.05, 0) is 81.2 Å². The largest absolute Gasteiger partial charge is 0.496 e. The highest BCUT2D eigenvalue weighted by molar-refractivity contribution is 5.99. The molecule has 7 rings (SSSR count). The van der Waals surface area contributed by atoms with Crippen LogP contribution in [0.3, 0.4) is 0 Å². The third-order valence-electron chi connectivity index (χ3n) is 8.15. The summed E-state index contributed by atoms with van der Waals surface area (Å²) in [4.78, 5) is 4.56. The molecule has 0 saturated carbocycles. The van der Waals surface area contributed by atoms with E-state index in [1.807, 2.05) is 0 Å². The standard InChI is InChI=1S/C36H30N2O2/c1-37-31-15-13-28(30-18-24-10-6-8-12-26(24)22-36(30)40-4)20-34(31)38(2)32-16-14-27(19-33(32)37)29-17-23-9-5-7-11-25(23)21-35(29)39-3/h5-22H,1-4H3. The van der Waals surface area contributed by atoms with Crippen molar-refractivity contribution in [2.24, 2.45) is 0 Å². The lowest BCUT2D eigenvalue weighted by molar-refractivity contribution is 0.417. The Morgan fingerprint density at radius 1 is 0.425 bits per heavy atom. The number of rotatable bonds is 4. The molecule has 4 heteroatoms. The van der Waals surface area contributed by atoms with Crippen molar-refractivity contribution in [3.05, 3.63) is 109 Å². The first-order valence-corrected chi connectivity index (χ1v) is 13.5. The van der Waals surface area contributed by atoms with Crippen LogP contribution in [0.15, 0.2) is 109 Å². The van der Waals surface area contributed by atoms with E-state index in [-0.39, 0.29) is 0 Å². The highest BCUT2D eigenvalue weighted by Gasteiger charge is 2.26. The SMILES string of the molecule is COc1cc2ccccc2cc1-c1ccc2c(c1)N(C)c1ccc(-c3cc4ccccc4cc3OC)cc1N2C. The summed E-state index contributed by atoms with van der Waals surface area (Å²) in [6, 6.07) is 38.8. The second-order valence-electron chi connectivity index (χ2n) is 10.3. The van der Waals surface area contributed by atoms with Gasteiger partial charge in [0.15, 0.2) is 0 Å². The molecule has 0 spiro atoms. The fourth-order valence-electron chi connectivity index (χ4n) is 5.97. The Balaban J connectivity index is 1.32. The Labute approximate surface area is 234 Å². The molecule has 0 N–H and O–H groups in total. The van der Waals surface area contributed by atoms with Crippen molar-refractivity contribution < 1.29 is 9.47 Å². The van der Waals surface area contributed by atoms with E-state index in [0.29, 0.717) is 0 Å². The number of anilines is 4. The first-order chi connectivity index (χ1) is 19.6. The van der Waals surface area contributed by atoms with Crippen molar-refractivity contribution in [3.63, 3.8) is 0 Å². The Hall–Kier alpha value is -4.96. The zero-order chi connectivity index (χ0) is 27.4. The zero-order valence-electron chi connectivity index (χ0n) is 23.1. The minimum absolute atomic E-state index is 0.875. The number of benzene rings is 6. The van der Waals surface area contributed by atoms with Gasteiger partial charge in [-0.2, -0.15) is 0 Å². The molecule has 0 fully saturated rings. The molecular weight excluding hydrogens is 492 g/mol. The van der Waals surface area contributed by atoms with E-state index in [1.165, 1.54) is 21.5 Å². The molecular formula is C36H30N2O2. The summed E-state index contributed by atoms with van der Waals surface area (Å²) in [7, 11) is 7.76. The Morgan fingerprint density at radius 2 is 0.800 bits per heavy atom. The van der Waals surface area contributed by atoms with E-state index in [1.54, 1.807) is 14.2 Å². The van der Waals surface area contributed by atoms with Crippen LogP contribution in [0.5, 0.6) is 11.5 Å². The molecule has 0 bridgehead atoms. The summed E-state index contributed by atoms with van der Waals surface area (Å²) in [6.45, 7) is 0. The number of nitrogens with zero attached hydrogens (tertiary/aromatic N) is 2.